The van der Waals surface area contributed by atoms with E-state index >= 15 is 0 Å². The Bertz CT molecular complexity index is 663. The zero-order chi connectivity index (χ0) is 16.7. The molecule has 0 amide bonds. The average molecular weight is 318 g/mol. The Morgan fingerprint density at radius 3 is 2.52 bits per heavy atom. The van der Waals surface area contributed by atoms with Gasteiger partial charge in [-0.3, -0.25) is 4.79 Å². The molecule has 0 bridgehead atoms. The van der Waals surface area contributed by atoms with Crippen LogP contribution in [-0.2, 0) is 25.5 Å². The first-order valence-corrected chi connectivity index (χ1v) is 7.29. The Hall–Kier alpha value is -2.70. The number of benzene rings is 1. The van der Waals surface area contributed by atoms with E-state index in [0.717, 1.165) is 11.1 Å². The zero-order valence-corrected chi connectivity index (χ0v) is 13.1. The van der Waals surface area contributed by atoms with E-state index < -0.39 is 11.9 Å². The van der Waals surface area contributed by atoms with Crippen molar-refractivity contribution in [1.29, 1.82) is 0 Å². The van der Waals surface area contributed by atoms with Gasteiger partial charge in [0.1, 0.15) is 0 Å². The summed E-state index contributed by atoms with van der Waals surface area (Å²) < 4.78 is 14.9. The number of hydrogen-bond acceptors (Lipinski definition) is 7. The first-order valence-electron chi connectivity index (χ1n) is 7.29. The van der Waals surface area contributed by atoms with Crippen LogP contribution in [0.25, 0.3) is 11.5 Å². The lowest BCUT2D eigenvalue weighted by atomic mass is 10.1. The number of esters is 2. The summed E-state index contributed by atoms with van der Waals surface area (Å²) in [7, 11) is 0. The van der Waals surface area contributed by atoms with E-state index in [0.29, 0.717) is 11.8 Å². The fourth-order valence-electron chi connectivity index (χ4n) is 1.79. The van der Waals surface area contributed by atoms with Crippen molar-refractivity contribution in [2.24, 2.45) is 0 Å². The van der Waals surface area contributed by atoms with Crippen molar-refractivity contribution in [2.75, 3.05) is 13.2 Å². The molecule has 0 saturated carbocycles. The van der Waals surface area contributed by atoms with E-state index in [1.807, 2.05) is 31.2 Å². The van der Waals surface area contributed by atoms with Gasteiger partial charge in [-0.1, -0.05) is 17.7 Å². The summed E-state index contributed by atoms with van der Waals surface area (Å²) in [5.74, 6) is -0.345. The van der Waals surface area contributed by atoms with Crippen molar-refractivity contribution in [3.63, 3.8) is 0 Å². The monoisotopic (exact) mass is 318 g/mol. The van der Waals surface area contributed by atoms with Crippen LogP contribution in [0.15, 0.2) is 28.7 Å². The molecule has 1 aromatic heterocycles. The quantitative estimate of drug-likeness (QED) is 0.722. The molecule has 1 aromatic carbocycles. The topological polar surface area (TPSA) is 91.5 Å². The second kappa shape index (κ2) is 8.07. The Kier molecular flexibility index (Phi) is 5.85. The number of aromatic nitrogens is 2. The Labute approximate surface area is 133 Å². The van der Waals surface area contributed by atoms with Crippen LogP contribution in [-0.4, -0.2) is 35.3 Å². The molecule has 0 unspecified atom stereocenters. The van der Waals surface area contributed by atoms with Crippen LogP contribution >= 0.6 is 0 Å². The molecule has 23 heavy (non-hydrogen) atoms. The summed E-state index contributed by atoms with van der Waals surface area (Å²) in [5, 5.41) is 7.85. The maximum absolute atomic E-state index is 11.5. The van der Waals surface area contributed by atoms with Crippen molar-refractivity contribution in [3.05, 3.63) is 35.7 Å². The molecule has 0 aliphatic rings. The van der Waals surface area contributed by atoms with Crippen molar-refractivity contribution >= 4 is 11.9 Å². The standard InChI is InChI=1S/C16H18N2O5/c1-3-21-15(20)10-22-14(19)9-8-13-17-18-16(23-13)12-6-4-11(2)5-7-12/h4-7H,3,8-10H2,1-2H3. The molecule has 2 rings (SSSR count). The van der Waals surface area contributed by atoms with Crippen LogP contribution in [0.5, 0.6) is 0 Å². The van der Waals surface area contributed by atoms with E-state index in [1.165, 1.54) is 0 Å². The van der Waals surface area contributed by atoms with Crippen LogP contribution in [0.3, 0.4) is 0 Å². The Morgan fingerprint density at radius 1 is 1.09 bits per heavy atom. The molecule has 0 radical (unpaired) electrons. The molecule has 0 aliphatic heterocycles. The van der Waals surface area contributed by atoms with Gasteiger partial charge in [0.05, 0.1) is 13.0 Å². The van der Waals surface area contributed by atoms with Crippen LogP contribution < -0.4 is 0 Å². The van der Waals surface area contributed by atoms with E-state index in [9.17, 15) is 9.59 Å². The summed E-state index contributed by atoms with van der Waals surface area (Å²) in [6.45, 7) is 3.54. The zero-order valence-electron chi connectivity index (χ0n) is 13.1. The summed E-state index contributed by atoms with van der Waals surface area (Å²) >= 11 is 0. The lowest BCUT2D eigenvalue weighted by Crippen LogP contribution is -2.16. The maximum atomic E-state index is 11.5. The number of ether oxygens (including phenoxy) is 2. The molecule has 0 saturated heterocycles. The number of carbonyl (C=O) groups is 2. The number of rotatable bonds is 7. The molecular formula is C16H18N2O5. The van der Waals surface area contributed by atoms with Crippen LogP contribution in [0, 0.1) is 6.92 Å². The molecule has 0 fully saturated rings. The SMILES string of the molecule is CCOC(=O)COC(=O)CCc1nnc(-c2ccc(C)cc2)o1. The van der Waals surface area contributed by atoms with Gasteiger partial charge in [-0.25, -0.2) is 4.79 Å². The number of hydrogen-bond donors (Lipinski definition) is 0. The smallest absolute Gasteiger partial charge is 0.344 e. The Morgan fingerprint density at radius 2 is 1.83 bits per heavy atom. The van der Waals surface area contributed by atoms with Crippen molar-refractivity contribution in [3.8, 4) is 11.5 Å². The van der Waals surface area contributed by atoms with E-state index in [2.05, 4.69) is 14.9 Å². The molecule has 122 valence electrons. The predicted octanol–water partition coefficient (Wildman–Crippen LogP) is 2.08. The first-order chi connectivity index (χ1) is 11.1. The molecule has 0 atom stereocenters. The lowest BCUT2D eigenvalue weighted by molar-refractivity contribution is -0.158. The first kappa shape index (κ1) is 16.7. The Balaban J connectivity index is 1.81. The number of carbonyl (C=O) groups excluding carboxylic acids is 2. The van der Waals surface area contributed by atoms with Crippen molar-refractivity contribution in [1.82, 2.24) is 10.2 Å². The minimum absolute atomic E-state index is 0.0505. The highest BCUT2D eigenvalue weighted by Gasteiger charge is 2.12. The number of nitrogens with zero attached hydrogens (tertiary/aromatic N) is 2. The third-order valence-corrected chi connectivity index (χ3v) is 2.96. The third kappa shape index (κ3) is 5.21. The lowest BCUT2D eigenvalue weighted by Gasteiger charge is -2.03. The summed E-state index contributed by atoms with van der Waals surface area (Å²) in [4.78, 5) is 22.6. The van der Waals surface area contributed by atoms with Gasteiger partial charge in [-0.05, 0) is 26.0 Å². The molecule has 1 heterocycles. The van der Waals surface area contributed by atoms with Gasteiger partial charge in [-0.2, -0.15) is 0 Å². The highest BCUT2D eigenvalue weighted by Crippen LogP contribution is 2.18. The van der Waals surface area contributed by atoms with Gasteiger partial charge in [-0.15, -0.1) is 10.2 Å². The van der Waals surface area contributed by atoms with Crippen molar-refractivity contribution in [2.45, 2.75) is 26.7 Å². The van der Waals surface area contributed by atoms with E-state index in [-0.39, 0.29) is 26.1 Å². The van der Waals surface area contributed by atoms with Gasteiger partial charge in [0, 0.05) is 12.0 Å². The summed E-state index contributed by atoms with van der Waals surface area (Å²) in [6, 6.07) is 7.68. The number of aryl methyl sites for hydroxylation is 2. The van der Waals surface area contributed by atoms with Gasteiger partial charge in [0.15, 0.2) is 6.61 Å². The van der Waals surface area contributed by atoms with Gasteiger partial charge >= 0.3 is 11.9 Å². The minimum atomic E-state index is -0.569. The fourth-order valence-corrected chi connectivity index (χ4v) is 1.79. The van der Waals surface area contributed by atoms with Crippen molar-refractivity contribution < 1.29 is 23.5 Å². The summed E-state index contributed by atoms with van der Waals surface area (Å²) in [5.41, 5.74) is 1.96. The van der Waals surface area contributed by atoms with Gasteiger partial charge in [0.2, 0.25) is 11.8 Å². The van der Waals surface area contributed by atoms with E-state index in [1.54, 1.807) is 6.92 Å². The maximum Gasteiger partial charge on any atom is 0.344 e. The molecule has 0 spiro atoms. The molecule has 0 aliphatic carbocycles. The molecule has 7 heteroatoms. The highest BCUT2D eigenvalue weighted by molar-refractivity contribution is 5.76. The summed E-state index contributed by atoms with van der Waals surface area (Å²) in [6.07, 6.45) is 0.301. The molecule has 0 N–H and O–H groups in total. The molecule has 2 aromatic rings. The van der Waals surface area contributed by atoms with Gasteiger partial charge < -0.3 is 13.9 Å². The van der Waals surface area contributed by atoms with Crippen LogP contribution in [0.4, 0.5) is 0 Å². The average Bonchev–Trinajstić information content (AvgIpc) is 3.01. The van der Waals surface area contributed by atoms with Crippen LogP contribution in [0.1, 0.15) is 24.8 Å². The molecule has 7 nitrogen and oxygen atoms in total. The fraction of sp³-hybridized carbons (Fsp3) is 0.375. The second-order valence-corrected chi connectivity index (χ2v) is 4.83. The van der Waals surface area contributed by atoms with Crippen LogP contribution in [0.2, 0.25) is 0 Å². The normalized spacial score (nSPS) is 10.3. The van der Waals surface area contributed by atoms with Gasteiger partial charge in [0.25, 0.3) is 0 Å². The predicted molar refractivity (Wildman–Crippen MR) is 80.4 cm³/mol. The second-order valence-electron chi connectivity index (χ2n) is 4.83. The third-order valence-electron chi connectivity index (χ3n) is 2.96. The van der Waals surface area contributed by atoms with E-state index in [4.69, 9.17) is 9.15 Å². The molecular weight excluding hydrogens is 300 g/mol. The largest absolute Gasteiger partial charge is 0.463 e. The highest BCUT2D eigenvalue weighted by atomic mass is 16.6. The minimum Gasteiger partial charge on any atom is -0.463 e.